The maximum absolute atomic E-state index is 11.8. The maximum atomic E-state index is 11.8. The van der Waals surface area contributed by atoms with Crippen LogP contribution in [0.15, 0.2) is 36.5 Å². The van der Waals surface area contributed by atoms with Crippen molar-refractivity contribution in [3.8, 4) is 0 Å². The van der Waals surface area contributed by atoms with Gasteiger partial charge in [-0.05, 0) is 5.56 Å². The minimum atomic E-state index is -0.938. The van der Waals surface area contributed by atoms with E-state index in [0.29, 0.717) is 12.3 Å². The summed E-state index contributed by atoms with van der Waals surface area (Å²) in [7, 11) is 1.52. The number of hydrogen-bond donors (Lipinski definition) is 1. The predicted octanol–water partition coefficient (Wildman–Crippen LogP) is 1.48. The fraction of sp³-hybridized carbons (Fsp3) is 0.214. The first-order chi connectivity index (χ1) is 9.70. The summed E-state index contributed by atoms with van der Waals surface area (Å²) in [5.41, 5.74) is 1.43. The standard InChI is InChI=1S/C14H14N2O4/c1-19-9-11-7-15-13(16-11)12(17)14(18)20-8-10-5-3-2-4-6-10/h2-7H,8-9H2,1H3,(H,15,16). The molecule has 1 aromatic carbocycles. The molecule has 2 aromatic rings. The van der Waals surface area contributed by atoms with E-state index in [1.54, 1.807) is 12.1 Å². The van der Waals surface area contributed by atoms with Crippen molar-refractivity contribution in [1.82, 2.24) is 9.97 Å². The minimum Gasteiger partial charge on any atom is -0.455 e. The van der Waals surface area contributed by atoms with Gasteiger partial charge in [0.2, 0.25) is 0 Å². The molecule has 104 valence electrons. The zero-order valence-electron chi connectivity index (χ0n) is 11.0. The number of rotatable bonds is 6. The quantitative estimate of drug-likeness (QED) is 0.490. The van der Waals surface area contributed by atoms with Crippen molar-refractivity contribution < 1.29 is 19.1 Å². The van der Waals surface area contributed by atoms with Crippen molar-refractivity contribution in [1.29, 1.82) is 0 Å². The lowest BCUT2D eigenvalue weighted by atomic mass is 10.2. The first-order valence-corrected chi connectivity index (χ1v) is 5.99. The molecular formula is C14H14N2O4. The number of ketones is 1. The molecule has 0 bridgehead atoms. The molecule has 1 heterocycles. The third kappa shape index (κ3) is 3.52. The topological polar surface area (TPSA) is 81.3 Å². The van der Waals surface area contributed by atoms with Crippen molar-refractivity contribution in [3.63, 3.8) is 0 Å². The van der Waals surface area contributed by atoms with Crippen molar-refractivity contribution in [2.45, 2.75) is 13.2 Å². The number of H-pyrrole nitrogens is 1. The van der Waals surface area contributed by atoms with E-state index in [1.807, 2.05) is 18.2 Å². The van der Waals surface area contributed by atoms with Gasteiger partial charge in [-0.15, -0.1) is 0 Å². The number of ether oxygens (including phenoxy) is 2. The van der Waals surface area contributed by atoms with Crippen LogP contribution in [0.25, 0.3) is 0 Å². The Kier molecular flexibility index (Phi) is 4.62. The summed E-state index contributed by atoms with van der Waals surface area (Å²) in [5, 5.41) is 0. The summed E-state index contributed by atoms with van der Waals surface area (Å²) in [5.74, 6) is -1.79. The molecule has 0 saturated carbocycles. The molecule has 0 saturated heterocycles. The number of methoxy groups -OCH3 is 1. The first-order valence-electron chi connectivity index (χ1n) is 5.99. The molecule has 0 atom stereocenters. The molecule has 0 unspecified atom stereocenters. The number of carbonyl (C=O) groups excluding carboxylic acids is 2. The van der Waals surface area contributed by atoms with E-state index in [-0.39, 0.29) is 12.4 Å². The highest BCUT2D eigenvalue weighted by Gasteiger charge is 2.21. The van der Waals surface area contributed by atoms with Crippen LogP contribution in [0.3, 0.4) is 0 Å². The Morgan fingerprint density at radius 2 is 1.95 bits per heavy atom. The van der Waals surface area contributed by atoms with Crippen LogP contribution in [0, 0.1) is 0 Å². The molecule has 20 heavy (non-hydrogen) atoms. The molecule has 2 rings (SSSR count). The Morgan fingerprint density at radius 3 is 2.65 bits per heavy atom. The zero-order valence-corrected chi connectivity index (χ0v) is 11.0. The van der Waals surface area contributed by atoms with E-state index in [4.69, 9.17) is 9.47 Å². The number of hydrogen-bond acceptors (Lipinski definition) is 5. The average Bonchev–Trinajstić information content (AvgIpc) is 2.94. The van der Waals surface area contributed by atoms with Crippen molar-refractivity contribution in [2.75, 3.05) is 7.11 Å². The number of Topliss-reactive ketones (excluding diaryl/α,β-unsaturated/α-hetero) is 1. The number of nitrogens with one attached hydrogen (secondary N) is 1. The third-order valence-electron chi connectivity index (χ3n) is 2.54. The Labute approximate surface area is 115 Å². The van der Waals surface area contributed by atoms with Gasteiger partial charge < -0.3 is 14.5 Å². The van der Waals surface area contributed by atoms with Crippen LogP contribution in [-0.4, -0.2) is 28.8 Å². The van der Waals surface area contributed by atoms with Crippen molar-refractivity contribution in [2.24, 2.45) is 0 Å². The summed E-state index contributed by atoms with van der Waals surface area (Å²) in [6.07, 6.45) is 1.45. The van der Waals surface area contributed by atoms with E-state index in [0.717, 1.165) is 5.56 Å². The molecule has 0 aliphatic rings. The van der Waals surface area contributed by atoms with Gasteiger partial charge in [0.25, 0.3) is 0 Å². The highest BCUT2D eigenvalue weighted by molar-refractivity contribution is 6.39. The molecule has 0 aliphatic carbocycles. The number of esters is 1. The number of aromatic amines is 1. The van der Waals surface area contributed by atoms with E-state index in [2.05, 4.69) is 9.97 Å². The third-order valence-corrected chi connectivity index (χ3v) is 2.54. The summed E-state index contributed by atoms with van der Waals surface area (Å²) >= 11 is 0. The minimum absolute atomic E-state index is 0.0462. The van der Waals surface area contributed by atoms with Gasteiger partial charge in [-0.1, -0.05) is 30.3 Å². The van der Waals surface area contributed by atoms with Crippen molar-refractivity contribution in [3.05, 3.63) is 53.6 Å². The number of nitrogens with zero attached hydrogens (tertiary/aromatic N) is 1. The fourth-order valence-electron chi connectivity index (χ4n) is 1.59. The van der Waals surface area contributed by atoms with Gasteiger partial charge in [-0.2, -0.15) is 0 Å². The van der Waals surface area contributed by atoms with Crippen LogP contribution in [0.2, 0.25) is 0 Å². The summed E-state index contributed by atoms with van der Waals surface area (Å²) in [6.45, 7) is 0.344. The summed E-state index contributed by atoms with van der Waals surface area (Å²) < 4.78 is 9.82. The number of carbonyl (C=O) groups is 2. The first kappa shape index (κ1) is 14.0. The maximum Gasteiger partial charge on any atom is 0.383 e. The Hall–Kier alpha value is -2.47. The Morgan fingerprint density at radius 1 is 1.20 bits per heavy atom. The van der Waals surface area contributed by atoms with Crippen LogP contribution >= 0.6 is 0 Å². The van der Waals surface area contributed by atoms with Gasteiger partial charge in [-0.3, -0.25) is 4.79 Å². The molecule has 0 spiro atoms. The molecule has 0 aliphatic heterocycles. The highest BCUT2D eigenvalue weighted by atomic mass is 16.5. The van der Waals surface area contributed by atoms with Gasteiger partial charge >= 0.3 is 11.8 Å². The van der Waals surface area contributed by atoms with Crippen LogP contribution in [0.5, 0.6) is 0 Å². The normalized spacial score (nSPS) is 10.2. The number of imidazole rings is 1. The second-order valence-corrected chi connectivity index (χ2v) is 4.08. The average molecular weight is 274 g/mol. The molecule has 1 N–H and O–H groups in total. The van der Waals surface area contributed by atoms with E-state index in [9.17, 15) is 9.59 Å². The van der Waals surface area contributed by atoms with Crippen LogP contribution in [0.1, 0.15) is 21.9 Å². The predicted molar refractivity (Wildman–Crippen MR) is 69.9 cm³/mol. The lowest BCUT2D eigenvalue weighted by molar-refractivity contribution is -0.139. The zero-order chi connectivity index (χ0) is 14.4. The molecule has 1 aromatic heterocycles. The van der Waals surface area contributed by atoms with Crippen LogP contribution in [-0.2, 0) is 27.5 Å². The van der Waals surface area contributed by atoms with Gasteiger partial charge in [0, 0.05) is 7.11 Å². The van der Waals surface area contributed by atoms with Crippen molar-refractivity contribution >= 4 is 11.8 Å². The van der Waals surface area contributed by atoms with Crippen LogP contribution in [0.4, 0.5) is 0 Å². The monoisotopic (exact) mass is 274 g/mol. The van der Waals surface area contributed by atoms with E-state index in [1.165, 1.54) is 13.3 Å². The summed E-state index contributed by atoms with van der Waals surface area (Å²) in [4.78, 5) is 29.9. The van der Waals surface area contributed by atoms with E-state index >= 15 is 0 Å². The Balaban J connectivity index is 1.93. The molecule has 6 nitrogen and oxygen atoms in total. The molecular weight excluding hydrogens is 260 g/mol. The fourth-order valence-corrected chi connectivity index (χ4v) is 1.59. The van der Waals surface area contributed by atoms with E-state index < -0.39 is 11.8 Å². The van der Waals surface area contributed by atoms with Gasteiger partial charge in [0.1, 0.15) is 6.61 Å². The Bertz CT molecular complexity index is 592. The summed E-state index contributed by atoms with van der Waals surface area (Å²) in [6, 6.07) is 9.13. The molecule has 0 amide bonds. The molecule has 6 heteroatoms. The lowest BCUT2D eigenvalue weighted by Crippen LogP contribution is -2.19. The molecule has 0 fully saturated rings. The van der Waals surface area contributed by atoms with Crippen LogP contribution < -0.4 is 0 Å². The largest absolute Gasteiger partial charge is 0.455 e. The van der Waals surface area contributed by atoms with Gasteiger partial charge in [0.15, 0.2) is 5.82 Å². The number of aromatic nitrogens is 2. The van der Waals surface area contributed by atoms with Gasteiger partial charge in [-0.25, -0.2) is 9.78 Å². The second kappa shape index (κ2) is 6.63. The number of benzene rings is 1. The smallest absolute Gasteiger partial charge is 0.383 e. The molecule has 0 radical (unpaired) electrons. The lowest BCUT2D eigenvalue weighted by Gasteiger charge is -2.02. The van der Waals surface area contributed by atoms with Gasteiger partial charge in [0.05, 0.1) is 18.5 Å². The second-order valence-electron chi connectivity index (χ2n) is 4.08. The SMILES string of the molecule is COCc1cnc(C(=O)C(=O)OCc2ccccc2)[nH]1. The highest BCUT2D eigenvalue weighted by Crippen LogP contribution is 2.04.